The molecule has 98 valence electrons. The zero-order chi connectivity index (χ0) is 13.1. The van der Waals surface area contributed by atoms with Crippen molar-refractivity contribution >= 4 is 5.78 Å². The number of carbonyl (C=O) groups is 1. The van der Waals surface area contributed by atoms with Crippen LogP contribution in [0.2, 0.25) is 0 Å². The van der Waals surface area contributed by atoms with Gasteiger partial charge in [-0.2, -0.15) is 5.10 Å². The van der Waals surface area contributed by atoms with Crippen LogP contribution in [0.25, 0.3) is 0 Å². The van der Waals surface area contributed by atoms with Crippen molar-refractivity contribution in [2.45, 2.75) is 25.8 Å². The molecule has 1 aliphatic carbocycles. The standard InChI is InChI=1S/C15H16N2O2/c18-14-6-1-5-13-12(14)4-2-7-15(13)19-11-10-17-9-3-8-16-17/h2-4,7-9H,1,5-6,10-11H2. The number of Topliss-reactive ketones (excluding diaryl/α,β-unsaturated/α-hetero) is 1. The third-order valence-electron chi connectivity index (χ3n) is 3.40. The van der Waals surface area contributed by atoms with Crippen LogP contribution in [0.15, 0.2) is 36.7 Å². The third-order valence-corrected chi connectivity index (χ3v) is 3.40. The first-order valence-electron chi connectivity index (χ1n) is 6.60. The van der Waals surface area contributed by atoms with Crippen LogP contribution in [0.1, 0.15) is 28.8 Å². The number of hydrogen-bond acceptors (Lipinski definition) is 3. The van der Waals surface area contributed by atoms with Gasteiger partial charge in [0.05, 0.1) is 6.54 Å². The first kappa shape index (κ1) is 12.0. The van der Waals surface area contributed by atoms with E-state index in [9.17, 15) is 4.79 Å². The Morgan fingerprint density at radius 3 is 3.05 bits per heavy atom. The molecule has 4 heteroatoms. The molecule has 4 nitrogen and oxygen atoms in total. The zero-order valence-electron chi connectivity index (χ0n) is 10.7. The molecule has 1 aromatic heterocycles. The van der Waals surface area contributed by atoms with Gasteiger partial charge in [0.25, 0.3) is 0 Å². The van der Waals surface area contributed by atoms with Gasteiger partial charge in [0.1, 0.15) is 12.4 Å². The second-order valence-electron chi connectivity index (χ2n) is 4.68. The number of ketones is 1. The molecule has 1 aliphatic rings. The Kier molecular flexibility index (Phi) is 3.31. The van der Waals surface area contributed by atoms with Crippen LogP contribution in [-0.4, -0.2) is 22.2 Å². The number of hydrogen-bond donors (Lipinski definition) is 0. The lowest BCUT2D eigenvalue weighted by Crippen LogP contribution is -2.14. The summed E-state index contributed by atoms with van der Waals surface area (Å²) in [6, 6.07) is 7.63. The maximum absolute atomic E-state index is 11.8. The van der Waals surface area contributed by atoms with E-state index in [2.05, 4.69) is 5.10 Å². The lowest BCUT2D eigenvalue weighted by Gasteiger charge is -2.18. The van der Waals surface area contributed by atoms with E-state index in [1.54, 1.807) is 6.20 Å². The van der Waals surface area contributed by atoms with Gasteiger partial charge in [-0.25, -0.2) is 0 Å². The fraction of sp³-hybridized carbons (Fsp3) is 0.333. The Balaban J connectivity index is 1.71. The average molecular weight is 256 g/mol. The first-order valence-corrected chi connectivity index (χ1v) is 6.60. The molecule has 3 rings (SSSR count). The highest BCUT2D eigenvalue weighted by molar-refractivity contribution is 5.99. The summed E-state index contributed by atoms with van der Waals surface area (Å²) in [5, 5.41) is 4.13. The highest BCUT2D eigenvalue weighted by atomic mass is 16.5. The molecule has 0 bridgehead atoms. The van der Waals surface area contributed by atoms with Crippen LogP contribution >= 0.6 is 0 Å². The van der Waals surface area contributed by atoms with Crippen LogP contribution < -0.4 is 4.74 Å². The number of nitrogens with zero attached hydrogens (tertiary/aromatic N) is 2. The van der Waals surface area contributed by atoms with Gasteiger partial charge in [-0.05, 0) is 25.0 Å². The SMILES string of the molecule is O=C1CCCc2c(OCCn3cccn3)cccc21. The van der Waals surface area contributed by atoms with Crippen molar-refractivity contribution < 1.29 is 9.53 Å². The molecule has 0 N–H and O–H groups in total. The Morgan fingerprint density at radius 2 is 2.21 bits per heavy atom. The summed E-state index contributed by atoms with van der Waals surface area (Å²) in [5.41, 5.74) is 1.90. The highest BCUT2D eigenvalue weighted by Gasteiger charge is 2.20. The van der Waals surface area contributed by atoms with Gasteiger partial charge in [0.2, 0.25) is 0 Å². The van der Waals surface area contributed by atoms with E-state index in [1.165, 1.54) is 0 Å². The fourth-order valence-electron chi connectivity index (χ4n) is 2.46. The largest absolute Gasteiger partial charge is 0.491 e. The molecule has 0 saturated carbocycles. The minimum absolute atomic E-state index is 0.235. The lowest BCUT2D eigenvalue weighted by atomic mass is 9.90. The topological polar surface area (TPSA) is 44.1 Å². The van der Waals surface area contributed by atoms with Crippen molar-refractivity contribution in [3.63, 3.8) is 0 Å². The Morgan fingerprint density at radius 1 is 1.26 bits per heavy atom. The molecule has 0 unspecified atom stereocenters. The smallest absolute Gasteiger partial charge is 0.163 e. The molecule has 0 saturated heterocycles. The summed E-state index contributed by atoms with van der Waals surface area (Å²) < 4.78 is 7.65. The lowest BCUT2D eigenvalue weighted by molar-refractivity contribution is 0.0971. The van der Waals surface area contributed by atoms with E-state index in [4.69, 9.17) is 4.74 Å². The van der Waals surface area contributed by atoms with E-state index < -0.39 is 0 Å². The summed E-state index contributed by atoms with van der Waals surface area (Å²) in [5.74, 6) is 1.08. The number of carbonyl (C=O) groups excluding carboxylic acids is 1. The first-order chi connectivity index (χ1) is 9.34. The Labute approximate surface area is 112 Å². The molecular formula is C15H16N2O2. The quantitative estimate of drug-likeness (QED) is 0.844. The Bertz CT molecular complexity index is 576. The molecule has 1 aromatic carbocycles. The van der Waals surface area contributed by atoms with Crippen molar-refractivity contribution in [2.75, 3.05) is 6.61 Å². The van der Waals surface area contributed by atoms with Crippen LogP contribution in [0, 0.1) is 0 Å². The second-order valence-corrected chi connectivity index (χ2v) is 4.68. The van der Waals surface area contributed by atoms with E-state index in [0.29, 0.717) is 19.6 Å². The monoisotopic (exact) mass is 256 g/mol. The molecule has 0 amide bonds. The minimum Gasteiger partial charge on any atom is -0.491 e. The number of aromatic nitrogens is 2. The van der Waals surface area contributed by atoms with Crippen molar-refractivity contribution in [3.05, 3.63) is 47.8 Å². The van der Waals surface area contributed by atoms with E-state index >= 15 is 0 Å². The molecule has 0 aliphatic heterocycles. The summed E-state index contributed by atoms with van der Waals surface area (Å²) >= 11 is 0. The summed E-state index contributed by atoms with van der Waals surface area (Å²) in [6.45, 7) is 1.27. The molecule has 0 radical (unpaired) electrons. The van der Waals surface area contributed by atoms with Crippen LogP contribution in [0.4, 0.5) is 0 Å². The molecule has 1 heterocycles. The predicted octanol–water partition coefficient (Wildman–Crippen LogP) is 2.48. The van der Waals surface area contributed by atoms with Gasteiger partial charge in [-0.15, -0.1) is 0 Å². The van der Waals surface area contributed by atoms with Gasteiger partial charge >= 0.3 is 0 Å². The van der Waals surface area contributed by atoms with Crippen LogP contribution in [0.3, 0.4) is 0 Å². The number of rotatable bonds is 4. The second kappa shape index (κ2) is 5.26. The number of ether oxygens (including phenoxy) is 1. The van der Waals surface area contributed by atoms with E-state index in [0.717, 1.165) is 29.7 Å². The van der Waals surface area contributed by atoms with Gasteiger partial charge < -0.3 is 4.74 Å². The minimum atomic E-state index is 0.235. The van der Waals surface area contributed by atoms with Gasteiger partial charge in [0.15, 0.2) is 5.78 Å². The summed E-state index contributed by atoms with van der Waals surface area (Å²) in [7, 11) is 0. The Hall–Kier alpha value is -2.10. The van der Waals surface area contributed by atoms with Crippen molar-refractivity contribution in [1.82, 2.24) is 9.78 Å². The van der Waals surface area contributed by atoms with Gasteiger partial charge in [-0.3, -0.25) is 9.48 Å². The molecule has 0 fully saturated rings. The van der Waals surface area contributed by atoms with Crippen LogP contribution in [0.5, 0.6) is 5.75 Å². The summed E-state index contributed by atoms with van der Waals surface area (Å²) in [6.07, 6.45) is 6.17. The van der Waals surface area contributed by atoms with Crippen molar-refractivity contribution in [1.29, 1.82) is 0 Å². The maximum atomic E-state index is 11.8. The van der Waals surface area contributed by atoms with E-state index in [-0.39, 0.29) is 5.78 Å². The van der Waals surface area contributed by atoms with E-state index in [1.807, 2.05) is 35.1 Å². The van der Waals surface area contributed by atoms with Crippen molar-refractivity contribution in [3.8, 4) is 5.75 Å². The average Bonchev–Trinajstić information content (AvgIpc) is 2.93. The summed E-state index contributed by atoms with van der Waals surface area (Å²) in [4.78, 5) is 11.8. The van der Waals surface area contributed by atoms with Gasteiger partial charge in [0, 0.05) is 29.9 Å². The fourth-order valence-corrected chi connectivity index (χ4v) is 2.46. The number of fused-ring (bicyclic) bond motifs is 1. The normalized spacial score (nSPS) is 14.2. The van der Waals surface area contributed by atoms with Crippen molar-refractivity contribution in [2.24, 2.45) is 0 Å². The van der Waals surface area contributed by atoms with Crippen LogP contribution in [-0.2, 0) is 13.0 Å². The molecule has 0 atom stereocenters. The third kappa shape index (κ3) is 2.52. The molecular weight excluding hydrogens is 240 g/mol. The zero-order valence-corrected chi connectivity index (χ0v) is 10.7. The molecule has 2 aromatic rings. The molecule has 19 heavy (non-hydrogen) atoms. The highest BCUT2D eigenvalue weighted by Crippen LogP contribution is 2.29. The van der Waals surface area contributed by atoms with Gasteiger partial charge in [-0.1, -0.05) is 12.1 Å². The predicted molar refractivity (Wildman–Crippen MR) is 71.4 cm³/mol. The number of benzene rings is 1. The molecule has 0 spiro atoms. The maximum Gasteiger partial charge on any atom is 0.163 e.